The van der Waals surface area contributed by atoms with E-state index in [1.54, 1.807) is 24.4 Å². The van der Waals surface area contributed by atoms with Gasteiger partial charge < -0.3 is 5.32 Å². The number of rotatable bonds is 5. The topological polar surface area (TPSA) is 71.1 Å². The first-order valence-corrected chi connectivity index (χ1v) is 10.4. The lowest BCUT2D eigenvalue weighted by molar-refractivity contribution is 0.601. The fourth-order valence-corrected chi connectivity index (χ4v) is 4.34. The molecule has 0 radical (unpaired) electrons. The van der Waals surface area contributed by atoms with Crippen LogP contribution in [0, 0.1) is 0 Å². The molecule has 1 saturated carbocycles. The molecule has 0 bridgehead atoms. The summed E-state index contributed by atoms with van der Waals surface area (Å²) in [4.78, 5) is 4.33. The van der Waals surface area contributed by atoms with Crippen molar-refractivity contribution in [2.75, 3.05) is 10.0 Å². The van der Waals surface area contributed by atoms with Crippen LogP contribution in [0.15, 0.2) is 47.5 Å². The molecule has 3 rings (SSSR count). The number of nitrogens with zero attached hydrogens (tertiary/aromatic N) is 1. The summed E-state index contributed by atoms with van der Waals surface area (Å²) in [5.74, 6) is 0.284. The smallest absolute Gasteiger partial charge is 0.263 e. The fraction of sp³-hybridized carbons (Fsp3) is 0.389. The molecule has 2 aromatic rings. The number of benzene rings is 1. The molecule has 0 unspecified atom stereocenters. The summed E-state index contributed by atoms with van der Waals surface area (Å²) in [6, 6.07) is 10.1. The predicted molar refractivity (Wildman–Crippen MR) is 102 cm³/mol. The predicted octanol–water partition coefficient (Wildman–Crippen LogP) is 4.67. The van der Waals surface area contributed by atoms with Crippen LogP contribution in [0.1, 0.15) is 38.5 Å². The van der Waals surface area contributed by atoms with Gasteiger partial charge in [0.15, 0.2) is 0 Å². The highest BCUT2D eigenvalue weighted by Gasteiger charge is 2.16. The molecule has 7 heteroatoms. The van der Waals surface area contributed by atoms with E-state index in [4.69, 9.17) is 11.6 Å². The van der Waals surface area contributed by atoms with E-state index in [1.165, 1.54) is 50.7 Å². The molecule has 0 amide bonds. The minimum Gasteiger partial charge on any atom is -0.381 e. The Morgan fingerprint density at radius 3 is 2.44 bits per heavy atom. The number of hydrogen-bond acceptors (Lipinski definition) is 4. The summed E-state index contributed by atoms with van der Waals surface area (Å²) >= 11 is 5.86. The number of halogens is 1. The Kier molecular flexibility index (Phi) is 5.81. The molecule has 25 heavy (non-hydrogen) atoms. The second-order valence-electron chi connectivity index (χ2n) is 6.33. The van der Waals surface area contributed by atoms with E-state index in [0.717, 1.165) is 5.69 Å². The number of anilines is 2. The van der Waals surface area contributed by atoms with E-state index in [-0.39, 0.29) is 10.7 Å². The van der Waals surface area contributed by atoms with Gasteiger partial charge in [0.05, 0.1) is 16.8 Å². The molecule has 2 N–H and O–H groups in total. The lowest BCUT2D eigenvalue weighted by Gasteiger charge is -2.17. The summed E-state index contributed by atoms with van der Waals surface area (Å²) in [7, 11) is -3.70. The molecule has 5 nitrogen and oxygen atoms in total. The van der Waals surface area contributed by atoms with Crippen molar-refractivity contribution < 1.29 is 8.42 Å². The zero-order chi connectivity index (χ0) is 17.7. The van der Waals surface area contributed by atoms with Gasteiger partial charge in [-0.1, -0.05) is 43.4 Å². The number of pyridine rings is 1. The van der Waals surface area contributed by atoms with Gasteiger partial charge in [0.25, 0.3) is 10.0 Å². The Balaban J connectivity index is 1.66. The van der Waals surface area contributed by atoms with Gasteiger partial charge >= 0.3 is 0 Å². The molecule has 0 atom stereocenters. The normalized spacial score (nSPS) is 16.2. The van der Waals surface area contributed by atoms with Crippen molar-refractivity contribution in [1.29, 1.82) is 0 Å². The second kappa shape index (κ2) is 8.06. The van der Waals surface area contributed by atoms with Crippen LogP contribution in [-0.2, 0) is 10.0 Å². The first-order valence-electron chi connectivity index (χ1n) is 8.54. The van der Waals surface area contributed by atoms with Crippen molar-refractivity contribution in [1.82, 2.24) is 4.98 Å². The standard InChI is InChI=1S/C18H22ClN3O2S/c19-14-6-5-9-17(12-14)25(23,24)22-18-11-10-16(13-20-18)21-15-7-3-1-2-4-8-15/h5-6,9-13,15,21H,1-4,7-8H2,(H,20,22). The van der Waals surface area contributed by atoms with Gasteiger partial charge in [0.1, 0.15) is 5.82 Å². The molecule has 134 valence electrons. The van der Waals surface area contributed by atoms with E-state index in [9.17, 15) is 8.42 Å². The van der Waals surface area contributed by atoms with Crippen LogP contribution in [0.25, 0.3) is 0 Å². The molecular formula is C18H22ClN3O2S. The maximum atomic E-state index is 12.4. The van der Waals surface area contributed by atoms with Crippen LogP contribution in [0.4, 0.5) is 11.5 Å². The number of aromatic nitrogens is 1. The highest BCUT2D eigenvalue weighted by Crippen LogP contribution is 2.22. The number of nitrogens with one attached hydrogen (secondary N) is 2. The summed E-state index contributed by atoms with van der Waals surface area (Å²) in [6.45, 7) is 0. The lowest BCUT2D eigenvalue weighted by Crippen LogP contribution is -2.18. The highest BCUT2D eigenvalue weighted by atomic mass is 35.5. The summed E-state index contributed by atoms with van der Waals surface area (Å²) in [5, 5.41) is 3.87. The average Bonchev–Trinajstić information content (AvgIpc) is 2.85. The van der Waals surface area contributed by atoms with Crippen molar-refractivity contribution >= 4 is 33.1 Å². The summed E-state index contributed by atoms with van der Waals surface area (Å²) in [5.41, 5.74) is 0.914. The first kappa shape index (κ1) is 18.0. The van der Waals surface area contributed by atoms with E-state index >= 15 is 0 Å². The van der Waals surface area contributed by atoms with Crippen molar-refractivity contribution in [2.24, 2.45) is 0 Å². The molecule has 1 aliphatic carbocycles. The van der Waals surface area contributed by atoms with Gasteiger partial charge in [-0.15, -0.1) is 0 Å². The van der Waals surface area contributed by atoms with E-state index < -0.39 is 10.0 Å². The lowest BCUT2D eigenvalue weighted by atomic mass is 10.1. The molecule has 1 heterocycles. The van der Waals surface area contributed by atoms with Crippen LogP contribution in [0.5, 0.6) is 0 Å². The van der Waals surface area contributed by atoms with Crippen LogP contribution in [-0.4, -0.2) is 19.4 Å². The highest BCUT2D eigenvalue weighted by molar-refractivity contribution is 7.92. The van der Waals surface area contributed by atoms with Crippen LogP contribution < -0.4 is 10.0 Å². The third-order valence-corrected chi connectivity index (χ3v) is 5.92. The van der Waals surface area contributed by atoms with Crippen molar-refractivity contribution in [3.05, 3.63) is 47.6 Å². The van der Waals surface area contributed by atoms with E-state index in [2.05, 4.69) is 15.0 Å². The third kappa shape index (κ3) is 5.09. The minimum atomic E-state index is -3.70. The summed E-state index contributed by atoms with van der Waals surface area (Å²) < 4.78 is 27.2. The third-order valence-electron chi connectivity index (χ3n) is 4.33. The van der Waals surface area contributed by atoms with Gasteiger partial charge in [-0.3, -0.25) is 4.72 Å². The van der Waals surface area contributed by atoms with Crippen molar-refractivity contribution in [3.63, 3.8) is 0 Å². The Hall–Kier alpha value is -1.79. The van der Waals surface area contributed by atoms with Gasteiger partial charge in [-0.25, -0.2) is 13.4 Å². The Labute approximate surface area is 153 Å². The zero-order valence-corrected chi connectivity index (χ0v) is 15.5. The Morgan fingerprint density at radius 2 is 1.80 bits per heavy atom. The molecule has 0 saturated heterocycles. The van der Waals surface area contributed by atoms with Crippen molar-refractivity contribution in [3.8, 4) is 0 Å². The van der Waals surface area contributed by atoms with Crippen LogP contribution in [0.3, 0.4) is 0 Å². The number of hydrogen-bond donors (Lipinski definition) is 2. The minimum absolute atomic E-state index is 0.113. The fourth-order valence-electron chi connectivity index (χ4n) is 3.03. The zero-order valence-electron chi connectivity index (χ0n) is 13.9. The maximum absolute atomic E-state index is 12.4. The molecule has 0 spiro atoms. The molecule has 1 fully saturated rings. The molecular weight excluding hydrogens is 358 g/mol. The molecule has 1 aromatic carbocycles. The molecule has 1 aromatic heterocycles. The summed E-state index contributed by atoms with van der Waals surface area (Å²) in [6.07, 6.45) is 9.12. The van der Waals surface area contributed by atoms with E-state index in [1.807, 2.05) is 6.07 Å². The van der Waals surface area contributed by atoms with Gasteiger partial charge in [-0.05, 0) is 43.2 Å². The second-order valence-corrected chi connectivity index (χ2v) is 8.45. The van der Waals surface area contributed by atoms with Gasteiger partial charge in [0, 0.05) is 11.1 Å². The molecule has 1 aliphatic rings. The monoisotopic (exact) mass is 379 g/mol. The molecule has 0 aliphatic heterocycles. The van der Waals surface area contributed by atoms with Gasteiger partial charge in [0.2, 0.25) is 0 Å². The Morgan fingerprint density at radius 1 is 1.04 bits per heavy atom. The SMILES string of the molecule is O=S(=O)(Nc1ccc(NC2CCCCCC2)cn1)c1cccc(Cl)c1. The van der Waals surface area contributed by atoms with Gasteiger partial charge in [-0.2, -0.15) is 0 Å². The Bertz CT molecular complexity index is 801. The number of sulfonamides is 1. The maximum Gasteiger partial charge on any atom is 0.263 e. The van der Waals surface area contributed by atoms with E-state index in [0.29, 0.717) is 11.1 Å². The largest absolute Gasteiger partial charge is 0.381 e. The van der Waals surface area contributed by atoms with Crippen LogP contribution >= 0.6 is 11.6 Å². The first-order chi connectivity index (χ1) is 12.0. The van der Waals surface area contributed by atoms with Crippen LogP contribution in [0.2, 0.25) is 5.02 Å². The van der Waals surface area contributed by atoms with Crippen molar-refractivity contribution in [2.45, 2.75) is 49.5 Å². The average molecular weight is 380 g/mol. The quantitative estimate of drug-likeness (QED) is 0.740.